The van der Waals surface area contributed by atoms with Crippen LogP contribution < -0.4 is 0 Å². The molecule has 1 atom stereocenters. The fourth-order valence-corrected chi connectivity index (χ4v) is 8.47. The second-order valence-corrected chi connectivity index (χ2v) is 20.6. The monoisotopic (exact) mass is 1060 g/mol. The highest BCUT2D eigenvalue weighted by Crippen LogP contribution is 2.15. The Bertz CT molecular complexity index is 1650. The summed E-state index contributed by atoms with van der Waals surface area (Å²) >= 11 is 0. The fraction of sp³-hybridized carbons (Fsp3) is 0.648. The molecule has 0 spiro atoms. The van der Waals surface area contributed by atoms with E-state index < -0.39 is 6.10 Å². The minimum Gasteiger partial charge on any atom is -0.462 e. The van der Waals surface area contributed by atoms with Gasteiger partial charge >= 0.3 is 17.9 Å². The van der Waals surface area contributed by atoms with Gasteiger partial charge in [0.2, 0.25) is 0 Å². The van der Waals surface area contributed by atoms with Crippen LogP contribution in [-0.2, 0) is 28.6 Å². The molecule has 0 radical (unpaired) electrons. The van der Waals surface area contributed by atoms with Crippen LogP contribution in [-0.4, -0.2) is 37.2 Å². The van der Waals surface area contributed by atoms with E-state index in [9.17, 15) is 14.4 Å². The van der Waals surface area contributed by atoms with E-state index in [-0.39, 0.29) is 31.1 Å². The number of carbonyl (C=O) groups excluding carboxylic acids is 3. The van der Waals surface area contributed by atoms with Crippen LogP contribution in [0, 0.1) is 0 Å². The molecule has 0 saturated heterocycles. The fourth-order valence-electron chi connectivity index (χ4n) is 8.47. The van der Waals surface area contributed by atoms with Crippen molar-refractivity contribution >= 4 is 17.9 Å². The van der Waals surface area contributed by atoms with E-state index >= 15 is 0 Å². The maximum atomic E-state index is 12.8. The van der Waals surface area contributed by atoms with Gasteiger partial charge in [-0.05, 0) is 116 Å². The van der Waals surface area contributed by atoms with Crippen molar-refractivity contribution in [2.45, 2.75) is 284 Å². The molecule has 0 aromatic carbocycles. The summed E-state index contributed by atoms with van der Waals surface area (Å²) in [5.41, 5.74) is 0. The normalized spacial score (nSPS) is 13.0. The second kappa shape index (κ2) is 64.1. The number of esters is 3. The molecule has 0 aliphatic heterocycles. The van der Waals surface area contributed by atoms with Crippen molar-refractivity contribution in [3.8, 4) is 0 Å². The number of carbonyl (C=O) groups is 3. The molecule has 1 unspecified atom stereocenters. The lowest BCUT2D eigenvalue weighted by Gasteiger charge is -2.18. The van der Waals surface area contributed by atoms with Gasteiger partial charge in [0.25, 0.3) is 0 Å². The van der Waals surface area contributed by atoms with Crippen LogP contribution in [0.15, 0.2) is 134 Å². The third kappa shape index (κ3) is 62.3. The Morgan fingerprint density at radius 3 is 0.792 bits per heavy atom. The minimum atomic E-state index is -0.785. The van der Waals surface area contributed by atoms with Crippen LogP contribution in [0.3, 0.4) is 0 Å². The van der Waals surface area contributed by atoms with Gasteiger partial charge in [0.15, 0.2) is 6.10 Å². The maximum absolute atomic E-state index is 12.8. The van der Waals surface area contributed by atoms with Crippen LogP contribution in [0.4, 0.5) is 0 Å². The molecular weight excluding hydrogens is 949 g/mol. The summed E-state index contributed by atoms with van der Waals surface area (Å²) in [4.78, 5) is 38.0. The van der Waals surface area contributed by atoms with E-state index in [1.54, 1.807) is 0 Å². The highest BCUT2D eigenvalue weighted by Gasteiger charge is 2.19. The van der Waals surface area contributed by atoms with Crippen molar-refractivity contribution in [3.63, 3.8) is 0 Å². The van der Waals surface area contributed by atoms with Gasteiger partial charge in [-0.25, -0.2) is 0 Å². The topological polar surface area (TPSA) is 78.9 Å². The summed E-state index contributed by atoms with van der Waals surface area (Å²) in [5.74, 6) is -0.905. The average Bonchev–Trinajstić information content (AvgIpc) is 3.43. The molecule has 6 heteroatoms. The summed E-state index contributed by atoms with van der Waals surface area (Å²) in [6, 6.07) is 0. The molecule has 77 heavy (non-hydrogen) atoms. The number of allylic oxidation sites excluding steroid dienone is 22. The predicted octanol–water partition coefficient (Wildman–Crippen LogP) is 21.8. The van der Waals surface area contributed by atoms with E-state index in [0.29, 0.717) is 19.3 Å². The quantitative estimate of drug-likeness (QED) is 0.0261. The van der Waals surface area contributed by atoms with Crippen molar-refractivity contribution in [3.05, 3.63) is 134 Å². The van der Waals surface area contributed by atoms with Crippen molar-refractivity contribution in [2.24, 2.45) is 0 Å². The summed E-state index contributed by atoms with van der Waals surface area (Å²) in [6.07, 6.45) is 90.5. The van der Waals surface area contributed by atoms with Crippen LogP contribution in [0.25, 0.3) is 0 Å². The third-order valence-electron chi connectivity index (χ3n) is 13.2. The molecule has 0 aromatic rings. The first-order chi connectivity index (χ1) is 38.0. The molecular formula is C71H116O6. The van der Waals surface area contributed by atoms with Gasteiger partial charge in [-0.3, -0.25) is 14.4 Å². The zero-order chi connectivity index (χ0) is 55.7. The van der Waals surface area contributed by atoms with E-state index in [1.807, 2.05) is 0 Å². The van der Waals surface area contributed by atoms with Gasteiger partial charge in [0.05, 0.1) is 0 Å². The van der Waals surface area contributed by atoms with Crippen molar-refractivity contribution in [1.29, 1.82) is 0 Å². The first-order valence-corrected chi connectivity index (χ1v) is 31.7. The molecule has 0 amide bonds. The largest absolute Gasteiger partial charge is 0.462 e. The van der Waals surface area contributed by atoms with Crippen LogP contribution in [0.1, 0.15) is 278 Å². The lowest BCUT2D eigenvalue weighted by atomic mass is 10.1. The summed E-state index contributed by atoms with van der Waals surface area (Å²) < 4.78 is 16.8. The molecule has 436 valence electrons. The zero-order valence-electron chi connectivity index (χ0n) is 49.9. The molecule has 0 heterocycles. The highest BCUT2D eigenvalue weighted by molar-refractivity contribution is 5.71. The first-order valence-electron chi connectivity index (χ1n) is 31.7. The van der Waals surface area contributed by atoms with Crippen LogP contribution >= 0.6 is 0 Å². The van der Waals surface area contributed by atoms with E-state index in [0.717, 1.165) is 135 Å². The zero-order valence-corrected chi connectivity index (χ0v) is 49.9. The summed E-state index contributed by atoms with van der Waals surface area (Å²) in [7, 11) is 0. The van der Waals surface area contributed by atoms with Gasteiger partial charge in [0.1, 0.15) is 13.2 Å². The molecule has 0 bridgehead atoms. The van der Waals surface area contributed by atoms with Gasteiger partial charge in [-0.1, -0.05) is 276 Å². The predicted molar refractivity (Wildman–Crippen MR) is 334 cm³/mol. The van der Waals surface area contributed by atoms with Gasteiger partial charge in [-0.15, -0.1) is 0 Å². The molecule has 0 saturated carbocycles. The number of rotatable bonds is 56. The number of hydrogen-bond donors (Lipinski definition) is 0. The molecule has 0 aromatic heterocycles. The van der Waals surface area contributed by atoms with Crippen molar-refractivity contribution < 1.29 is 28.6 Å². The molecule has 0 aliphatic rings. The molecule has 0 rings (SSSR count). The number of unbranched alkanes of at least 4 members (excludes halogenated alkanes) is 23. The smallest absolute Gasteiger partial charge is 0.306 e. The van der Waals surface area contributed by atoms with Gasteiger partial charge < -0.3 is 14.2 Å². The van der Waals surface area contributed by atoms with Crippen molar-refractivity contribution in [2.75, 3.05) is 13.2 Å². The highest BCUT2D eigenvalue weighted by atomic mass is 16.6. The number of ether oxygens (including phenoxy) is 3. The Morgan fingerprint density at radius 1 is 0.273 bits per heavy atom. The van der Waals surface area contributed by atoms with Crippen molar-refractivity contribution in [1.82, 2.24) is 0 Å². The number of hydrogen-bond acceptors (Lipinski definition) is 6. The Kier molecular flexibility index (Phi) is 60.4. The standard InChI is InChI=1S/C71H116O6/c1-4-7-10-13-16-18-20-22-24-26-27-28-29-30-31-32-33-34-35-36-37-38-39-40-41-42-43-45-46-48-50-52-55-58-61-64-70(73)76-67-68(66-75-69(72)63-60-57-54-15-12-9-6-3)77-71(74)65-62-59-56-53-51-49-47-44-25-23-21-19-17-14-11-8-5-2/h7-8,10-11,16-19,22-25,27-28,30-31,33-34,36-37,39-40,68H,4-6,9,12-15,20-21,26,29,32,35,38,41-67H2,1-3H3/b10-7-,11-8-,18-16-,19-17-,24-22-,25-23-,28-27-,31-30-,34-33-,37-36-,40-39-. The van der Waals surface area contributed by atoms with Crippen LogP contribution in [0.5, 0.6) is 0 Å². The Morgan fingerprint density at radius 2 is 0.506 bits per heavy atom. The Labute approximate surface area is 475 Å². The van der Waals surface area contributed by atoms with Gasteiger partial charge in [0, 0.05) is 19.3 Å². The first kappa shape index (κ1) is 72.5. The molecule has 0 fully saturated rings. The van der Waals surface area contributed by atoms with E-state index in [1.165, 1.54) is 103 Å². The van der Waals surface area contributed by atoms with E-state index in [2.05, 4.69) is 154 Å². The molecule has 0 aliphatic carbocycles. The third-order valence-corrected chi connectivity index (χ3v) is 13.2. The Balaban J connectivity index is 4.11. The summed E-state index contributed by atoms with van der Waals surface area (Å²) in [5, 5.41) is 0. The van der Waals surface area contributed by atoms with Gasteiger partial charge in [-0.2, -0.15) is 0 Å². The molecule has 6 nitrogen and oxygen atoms in total. The average molecular weight is 1070 g/mol. The second-order valence-electron chi connectivity index (χ2n) is 20.6. The minimum absolute atomic E-state index is 0.0843. The van der Waals surface area contributed by atoms with E-state index in [4.69, 9.17) is 14.2 Å². The Hall–Kier alpha value is -4.45. The van der Waals surface area contributed by atoms with Crippen LogP contribution in [0.2, 0.25) is 0 Å². The SMILES string of the molecule is CC/C=C\C/C=C\C/C=C\C/C=C\C/C=C\C/C=C\C/C=C\C/C=C\CCCCCCCCCCCCC(=O)OCC(COC(=O)CCCCCCCCC)OC(=O)CCCCCCCCC/C=C\C/C=C\C/C=C\CC. The lowest BCUT2D eigenvalue weighted by Crippen LogP contribution is -2.30. The summed E-state index contributed by atoms with van der Waals surface area (Å²) in [6.45, 7) is 6.36. The lowest BCUT2D eigenvalue weighted by molar-refractivity contribution is -0.167. The molecule has 0 N–H and O–H groups in total. The maximum Gasteiger partial charge on any atom is 0.306 e.